The van der Waals surface area contributed by atoms with Gasteiger partial charge in [-0.25, -0.2) is 15.0 Å². The van der Waals surface area contributed by atoms with Gasteiger partial charge in [-0.3, -0.25) is 0 Å². The molecule has 28 heavy (non-hydrogen) atoms. The van der Waals surface area contributed by atoms with E-state index in [0.29, 0.717) is 30.8 Å². The second-order valence-electron chi connectivity index (χ2n) is 5.77. The van der Waals surface area contributed by atoms with E-state index < -0.39 is 0 Å². The summed E-state index contributed by atoms with van der Waals surface area (Å²) in [5.41, 5.74) is 2.77. The number of aromatic nitrogens is 2. The van der Waals surface area contributed by atoms with Crippen molar-refractivity contribution in [3.63, 3.8) is 0 Å². The normalized spacial score (nSPS) is 10.9. The molecule has 0 aliphatic heterocycles. The van der Waals surface area contributed by atoms with Crippen LogP contribution in [0.3, 0.4) is 0 Å². The standard InChI is InChI=1S/C20H23N5O2.HI/c1-3-21-20(23-12-15-9-10-18(26-2)22-11-15)24-13-17-14-27-19(25-17)16-7-5-4-6-8-16;/h4-11,14H,3,12-13H2,1-2H3,(H2,21,23,24);1H. The maximum Gasteiger partial charge on any atom is 0.226 e. The minimum absolute atomic E-state index is 0. The van der Waals surface area contributed by atoms with Crippen molar-refractivity contribution in [3.8, 4) is 17.3 Å². The summed E-state index contributed by atoms with van der Waals surface area (Å²) in [7, 11) is 1.60. The third-order valence-corrected chi connectivity index (χ3v) is 3.78. The van der Waals surface area contributed by atoms with Gasteiger partial charge >= 0.3 is 0 Å². The van der Waals surface area contributed by atoms with Gasteiger partial charge in [0.15, 0.2) is 5.96 Å². The zero-order valence-corrected chi connectivity index (χ0v) is 18.2. The van der Waals surface area contributed by atoms with Crippen molar-refractivity contribution in [1.29, 1.82) is 0 Å². The number of methoxy groups -OCH3 is 1. The molecule has 3 rings (SSSR count). The summed E-state index contributed by atoms with van der Waals surface area (Å²) < 4.78 is 10.6. The molecule has 0 aliphatic carbocycles. The molecule has 8 heteroatoms. The van der Waals surface area contributed by atoms with Crippen molar-refractivity contribution in [2.24, 2.45) is 4.99 Å². The van der Waals surface area contributed by atoms with Crippen LogP contribution in [-0.4, -0.2) is 29.6 Å². The molecule has 0 bridgehead atoms. The Balaban J connectivity index is 0.00000280. The fourth-order valence-electron chi connectivity index (χ4n) is 2.41. The van der Waals surface area contributed by atoms with Crippen LogP contribution in [0, 0.1) is 0 Å². The van der Waals surface area contributed by atoms with E-state index in [1.54, 1.807) is 19.6 Å². The molecule has 0 unspecified atom stereocenters. The lowest BCUT2D eigenvalue weighted by atomic mass is 10.2. The Morgan fingerprint density at radius 1 is 1.14 bits per heavy atom. The minimum atomic E-state index is 0. The quantitative estimate of drug-likeness (QED) is 0.297. The minimum Gasteiger partial charge on any atom is -0.481 e. The van der Waals surface area contributed by atoms with Gasteiger partial charge in [-0.1, -0.05) is 24.3 Å². The monoisotopic (exact) mass is 493 g/mol. The highest BCUT2D eigenvalue weighted by molar-refractivity contribution is 14.0. The van der Waals surface area contributed by atoms with Crippen LogP contribution in [0.15, 0.2) is 64.3 Å². The molecule has 0 spiro atoms. The molecule has 0 fully saturated rings. The molecule has 148 valence electrons. The fourth-order valence-corrected chi connectivity index (χ4v) is 2.41. The molecule has 0 radical (unpaired) electrons. The number of nitrogens with one attached hydrogen (secondary N) is 2. The SMILES string of the molecule is CCNC(=NCc1ccc(OC)nc1)NCc1coc(-c2ccccc2)n1.I. The first-order valence-electron chi connectivity index (χ1n) is 8.79. The summed E-state index contributed by atoms with van der Waals surface area (Å²) in [6, 6.07) is 13.6. The average molecular weight is 493 g/mol. The third kappa shape index (κ3) is 6.22. The number of halogens is 1. The van der Waals surface area contributed by atoms with Gasteiger partial charge in [0.25, 0.3) is 0 Å². The third-order valence-electron chi connectivity index (χ3n) is 3.78. The first-order chi connectivity index (χ1) is 13.3. The number of rotatable bonds is 7. The van der Waals surface area contributed by atoms with Crippen LogP contribution in [0.5, 0.6) is 5.88 Å². The molecule has 3 aromatic rings. The highest BCUT2D eigenvalue weighted by atomic mass is 127. The Morgan fingerprint density at radius 2 is 1.96 bits per heavy atom. The second kappa shape index (κ2) is 11.3. The highest BCUT2D eigenvalue weighted by Crippen LogP contribution is 2.17. The van der Waals surface area contributed by atoms with Gasteiger partial charge in [-0.2, -0.15) is 0 Å². The number of oxazole rings is 1. The van der Waals surface area contributed by atoms with Crippen LogP contribution in [-0.2, 0) is 13.1 Å². The largest absolute Gasteiger partial charge is 0.481 e. The Bertz CT molecular complexity index is 866. The molecule has 0 aliphatic rings. The van der Waals surface area contributed by atoms with Crippen molar-refractivity contribution in [1.82, 2.24) is 20.6 Å². The Hall–Kier alpha value is -2.62. The molecule has 1 aromatic carbocycles. The molecule has 0 saturated carbocycles. The number of pyridine rings is 1. The molecular formula is C20H24IN5O2. The van der Waals surface area contributed by atoms with Crippen LogP contribution in [0.1, 0.15) is 18.2 Å². The Morgan fingerprint density at radius 3 is 2.64 bits per heavy atom. The van der Waals surface area contributed by atoms with Crippen LogP contribution < -0.4 is 15.4 Å². The van der Waals surface area contributed by atoms with Crippen LogP contribution in [0.4, 0.5) is 0 Å². The van der Waals surface area contributed by atoms with Gasteiger partial charge in [0.05, 0.1) is 25.9 Å². The zero-order chi connectivity index (χ0) is 18.9. The summed E-state index contributed by atoms with van der Waals surface area (Å²) in [5, 5.41) is 6.49. The molecule has 2 aromatic heterocycles. The van der Waals surface area contributed by atoms with E-state index in [2.05, 4.69) is 25.6 Å². The van der Waals surface area contributed by atoms with E-state index in [4.69, 9.17) is 9.15 Å². The maximum absolute atomic E-state index is 5.56. The Labute approximate surface area is 181 Å². The topological polar surface area (TPSA) is 84.6 Å². The average Bonchev–Trinajstić information content (AvgIpc) is 3.20. The van der Waals surface area contributed by atoms with Crippen LogP contribution >= 0.6 is 24.0 Å². The molecule has 0 amide bonds. The van der Waals surface area contributed by atoms with E-state index >= 15 is 0 Å². The number of hydrogen-bond donors (Lipinski definition) is 2. The predicted molar refractivity (Wildman–Crippen MR) is 120 cm³/mol. The highest BCUT2D eigenvalue weighted by Gasteiger charge is 2.07. The summed E-state index contributed by atoms with van der Waals surface area (Å²) in [6.45, 7) is 3.82. The maximum atomic E-state index is 5.56. The fraction of sp³-hybridized carbons (Fsp3) is 0.250. The number of aliphatic imine (C=N–C) groups is 1. The van der Waals surface area contributed by atoms with Crippen molar-refractivity contribution in [2.45, 2.75) is 20.0 Å². The number of ether oxygens (including phenoxy) is 1. The van der Waals surface area contributed by atoms with E-state index in [1.165, 1.54) is 0 Å². The lowest BCUT2D eigenvalue weighted by Gasteiger charge is -2.10. The molecular weight excluding hydrogens is 469 g/mol. The van der Waals surface area contributed by atoms with Gasteiger partial charge in [0, 0.05) is 24.4 Å². The molecule has 2 N–H and O–H groups in total. The van der Waals surface area contributed by atoms with Gasteiger partial charge in [0.1, 0.15) is 6.26 Å². The summed E-state index contributed by atoms with van der Waals surface area (Å²) in [6.07, 6.45) is 3.42. The van der Waals surface area contributed by atoms with Crippen molar-refractivity contribution in [2.75, 3.05) is 13.7 Å². The first-order valence-corrected chi connectivity index (χ1v) is 8.79. The predicted octanol–water partition coefficient (Wildman–Crippen LogP) is 3.62. The van der Waals surface area contributed by atoms with E-state index in [-0.39, 0.29) is 24.0 Å². The molecule has 2 heterocycles. The lowest BCUT2D eigenvalue weighted by molar-refractivity contribution is 0.397. The molecule has 0 saturated heterocycles. The van der Waals surface area contributed by atoms with Crippen molar-refractivity contribution in [3.05, 3.63) is 66.2 Å². The smallest absolute Gasteiger partial charge is 0.226 e. The second-order valence-corrected chi connectivity index (χ2v) is 5.77. The van der Waals surface area contributed by atoms with Gasteiger partial charge in [-0.15, -0.1) is 24.0 Å². The first kappa shape index (κ1) is 21.7. The van der Waals surface area contributed by atoms with Gasteiger partial charge < -0.3 is 19.8 Å². The molecule has 7 nitrogen and oxygen atoms in total. The summed E-state index contributed by atoms with van der Waals surface area (Å²) in [5.74, 6) is 1.91. The van der Waals surface area contributed by atoms with Gasteiger partial charge in [-0.05, 0) is 24.6 Å². The number of benzene rings is 1. The van der Waals surface area contributed by atoms with Crippen LogP contribution in [0.25, 0.3) is 11.5 Å². The van der Waals surface area contributed by atoms with Gasteiger partial charge in [0.2, 0.25) is 11.8 Å². The van der Waals surface area contributed by atoms with Crippen molar-refractivity contribution < 1.29 is 9.15 Å². The van der Waals surface area contributed by atoms with Crippen molar-refractivity contribution >= 4 is 29.9 Å². The van der Waals surface area contributed by atoms with E-state index in [1.807, 2.05) is 49.4 Å². The lowest BCUT2D eigenvalue weighted by Crippen LogP contribution is -2.36. The number of hydrogen-bond acceptors (Lipinski definition) is 5. The van der Waals surface area contributed by atoms with E-state index in [0.717, 1.165) is 23.4 Å². The summed E-state index contributed by atoms with van der Waals surface area (Å²) >= 11 is 0. The van der Waals surface area contributed by atoms with Crippen LogP contribution in [0.2, 0.25) is 0 Å². The number of nitrogens with zero attached hydrogens (tertiary/aromatic N) is 3. The zero-order valence-electron chi connectivity index (χ0n) is 15.9. The summed E-state index contributed by atoms with van der Waals surface area (Å²) in [4.78, 5) is 13.3. The van der Waals surface area contributed by atoms with E-state index in [9.17, 15) is 0 Å². The molecule has 0 atom stereocenters. The number of guanidine groups is 1. The Kier molecular flexibility index (Phi) is 8.73.